The summed E-state index contributed by atoms with van der Waals surface area (Å²) in [5.74, 6) is -0.00128. The van der Waals surface area contributed by atoms with Crippen LogP contribution in [-0.2, 0) is 12.8 Å². The maximum absolute atomic E-state index is 9.54. The Kier molecular flexibility index (Phi) is 1.88. The number of hydrogen-bond donors (Lipinski definition) is 3. The number of rotatable bonds is 0. The topological polar surface area (TPSA) is 66.5 Å². The van der Waals surface area contributed by atoms with Crippen molar-refractivity contribution in [1.29, 1.82) is 0 Å². The lowest BCUT2D eigenvalue weighted by molar-refractivity contribution is 0.394. The quantitative estimate of drug-likeness (QED) is 0.519. The molecule has 4 N–H and O–H groups in total. The van der Waals surface area contributed by atoms with Gasteiger partial charge < -0.3 is 15.9 Å². The van der Waals surface area contributed by atoms with Gasteiger partial charge in [0, 0.05) is 11.6 Å². The minimum absolute atomic E-state index is 0.0319. The lowest BCUT2D eigenvalue weighted by atomic mass is 9.88. The normalized spacial score (nSPS) is 21.2. The van der Waals surface area contributed by atoms with E-state index in [0.29, 0.717) is 0 Å². The molecular weight excluding hydrogens is 166 g/mol. The molecule has 1 aliphatic rings. The largest absolute Gasteiger partial charge is 0.504 e. The van der Waals surface area contributed by atoms with E-state index >= 15 is 0 Å². The highest BCUT2D eigenvalue weighted by Gasteiger charge is 2.19. The van der Waals surface area contributed by atoms with Crippen molar-refractivity contribution in [3.05, 3.63) is 23.3 Å². The fourth-order valence-corrected chi connectivity index (χ4v) is 1.85. The van der Waals surface area contributed by atoms with Gasteiger partial charge in [-0.2, -0.15) is 0 Å². The number of aromatic hydroxyl groups is 2. The molecule has 13 heavy (non-hydrogen) atoms. The second-order valence-corrected chi connectivity index (χ2v) is 3.57. The van der Waals surface area contributed by atoms with Gasteiger partial charge in [0.2, 0.25) is 0 Å². The van der Waals surface area contributed by atoms with Crippen molar-refractivity contribution >= 4 is 0 Å². The molecule has 0 saturated carbocycles. The summed E-state index contributed by atoms with van der Waals surface area (Å²) < 4.78 is 0. The second kappa shape index (κ2) is 2.92. The maximum Gasteiger partial charge on any atom is 0.160 e. The third kappa shape index (κ3) is 1.35. The molecule has 1 aromatic rings. The van der Waals surface area contributed by atoms with Gasteiger partial charge in [-0.25, -0.2) is 0 Å². The van der Waals surface area contributed by atoms with Crippen molar-refractivity contribution in [2.24, 2.45) is 5.73 Å². The summed E-state index contributed by atoms with van der Waals surface area (Å²) in [5.41, 5.74) is 7.72. The van der Waals surface area contributed by atoms with E-state index in [1.54, 1.807) is 0 Å². The molecule has 0 aliphatic heterocycles. The molecule has 0 spiro atoms. The van der Waals surface area contributed by atoms with Crippen LogP contribution in [0.1, 0.15) is 17.5 Å². The third-order valence-corrected chi connectivity index (χ3v) is 2.61. The second-order valence-electron chi connectivity index (χ2n) is 3.57. The number of nitrogens with two attached hydrogens (primary N) is 1. The van der Waals surface area contributed by atoms with Crippen molar-refractivity contribution in [3.63, 3.8) is 0 Å². The van der Waals surface area contributed by atoms with Crippen LogP contribution in [-0.4, -0.2) is 16.3 Å². The van der Waals surface area contributed by atoms with Gasteiger partial charge in [0.05, 0.1) is 0 Å². The zero-order valence-corrected chi connectivity index (χ0v) is 7.33. The van der Waals surface area contributed by atoms with E-state index in [1.807, 2.05) is 6.07 Å². The maximum atomic E-state index is 9.54. The van der Waals surface area contributed by atoms with Gasteiger partial charge in [-0.15, -0.1) is 0 Å². The summed E-state index contributed by atoms with van der Waals surface area (Å²) >= 11 is 0. The summed E-state index contributed by atoms with van der Waals surface area (Å²) in [6.45, 7) is 0. The molecule has 1 aliphatic carbocycles. The molecule has 1 atom stereocenters. The number of fused-ring (bicyclic) bond motifs is 1. The first-order chi connectivity index (χ1) is 6.18. The van der Waals surface area contributed by atoms with Crippen molar-refractivity contribution in [3.8, 4) is 11.5 Å². The predicted octanol–water partition coefficient (Wildman–Crippen LogP) is 0.914. The van der Waals surface area contributed by atoms with Gasteiger partial charge in [0.25, 0.3) is 0 Å². The zero-order valence-electron chi connectivity index (χ0n) is 7.33. The van der Waals surface area contributed by atoms with Crippen LogP contribution in [0, 0.1) is 0 Å². The van der Waals surface area contributed by atoms with Crippen LogP contribution in [0.25, 0.3) is 0 Å². The van der Waals surface area contributed by atoms with Crippen LogP contribution in [0.15, 0.2) is 12.1 Å². The molecule has 0 heterocycles. The SMILES string of the molecule is N[C@H]1CCc2c(ccc(O)c2O)C1. The predicted molar refractivity (Wildman–Crippen MR) is 49.8 cm³/mol. The molecule has 2 rings (SSSR count). The van der Waals surface area contributed by atoms with Gasteiger partial charge in [-0.1, -0.05) is 6.07 Å². The molecule has 0 unspecified atom stereocenters. The molecule has 0 amide bonds. The van der Waals surface area contributed by atoms with Crippen molar-refractivity contribution in [2.75, 3.05) is 0 Å². The fraction of sp³-hybridized carbons (Fsp3) is 0.400. The lowest BCUT2D eigenvalue weighted by Gasteiger charge is -2.22. The number of phenolic OH excluding ortho intramolecular Hbond substituents is 2. The summed E-state index contributed by atoms with van der Waals surface area (Å²) in [6.07, 6.45) is 2.43. The van der Waals surface area contributed by atoms with E-state index in [9.17, 15) is 10.2 Å². The molecule has 3 heteroatoms. The van der Waals surface area contributed by atoms with E-state index in [-0.39, 0.29) is 17.5 Å². The molecule has 0 aromatic heterocycles. The zero-order chi connectivity index (χ0) is 9.42. The summed E-state index contributed by atoms with van der Waals surface area (Å²) in [5, 5.41) is 18.8. The lowest BCUT2D eigenvalue weighted by Crippen LogP contribution is -2.27. The van der Waals surface area contributed by atoms with Crippen LogP contribution >= 0.6 is 0 Å². The van der Waals surface area contributed by atoms with Gasteiger partial charge in [-0.3, -0.25) is 0 Å². The van der Waals surface area contributed by atoms with Crippen LogP contribution in [0.2, 0.25) is 0 Å². The molecular formula is C10H13NO2. The van der Waals surface area contributed by atoms with Crippen molar-refractivity contribution in [1.82, 2.24) is 0 Å². The highest BCUT2D eigenvalue weighted by atomic mass is 16.3. The number of phenols is 2. The Morgan fingerprint density at radius 1 is 1.31 bits per heavy atom. The first-order valence-corrected chi connectivity index (χ1v) is 4.46. The Morgan fingerprint density at radius 3 is 2.85 bits per heavy atom. The van der Waals surface area contributed by atoms with E-state index in [4.69, 9.17) is 5.73 Å². The van der Waals surface area contributed by atoms with Gasteiger partial charge in [0.15, 0.2) is 11.5 Å². The monoisotopic (exact) mass is 179 g/mol. The molecule has 3 nitrogen and oxygen atoms in total. The summed E-state index contributed by atoms with van der Waals surface area (Å²) in [4.78, 5) is 0. The van der Waals surface area contributed by atoms with Crippen LogP contribution in [0.3, 0.4) is 0 Å². The third-order valence-electron chi connectivity index (χ3n) is 2.61. The average Bonchev–Trinajstić information content (AvgIpc) is 2.12. The molecule has 0 fully saturated rings. The smallest absolute Gasteiger partial charge is 0.160 e. The van der Waals surface area contributed by atoms with Crippen LogP contribution in [0.4, 0.5) is 0 Å². The Bertz CT molecular complexity index is 336. The Hall–Kier alpha value is -1.22. The average molecular weight is 179 g/mol. The van der Waals surface area contributed by atoms with E-state index in [2.05, 4.69) is 0 Å². The van der Waals surface area contributed by atoms with E-state index in [0.717, 1.165) is 30.4 Å². The van der Waals surface area contributed by atoms with Crippen molar-refractivity contribution < 1.29 is 10.2 Å². The summed E-state index contributed by atoms with van der Waals surface area (Å²) in [7, 11) is 0. The van der Waals surface area contributed by atoms with Crippen molar-refractivity contribution in [2.45, 2.75) is 25.3 Å². The van der Waals surface area contributed by atoms with Crippen LogP contribution in [0.5, 0.6) is 11.5 Å². The molecule has 1 aromatic carbocycles. The van der Waals surface area contributed by atoms with Gasteiger partial charge in [-0.05, 0) is 30.9 Å². The summed E-state index contributed by atoms with van der Waals surface area (Å²) in [6, 6.07) is 3.55. The van der Waals surface area contributed by atoms with Crippen LogP contribution < -0.4 is 5.73 Å². The minimum Gasteiger partial charge on any atom is -0.504 e. The van der Waals surface area contributed by atoms with Gasteiger partial charge in [0.1, 0.15) is 0 Å². The number of benzene rings is 1. The highest BCUT2D eigenvalue weighted by Crippen LogP contribution is 2.35. The molecule has 0 radical (unpaired) electrons. The number of hydrogen-bond acceptors (Lipinski definition) is 3. The Balaban J connectivity index is 2.47. The molecule has 0 saturated heterocycles. The molecule has 0 bridgehead atoms. The van der Waals surface area contributed by atoms with E-state index < -0.39 is 0 Å². The highest BCUT2D eigenvalue weighted by molar-refractivity contribution is 5.50. The van der Waals surface area contributed by atoms with Gasteiger partial charge >= 0.3 is 0 Å². The minimum atomic E-state index is -0.0331. The Labute approximate surface area is 76.8 Å². The fourth-order valence-electron chi connectivity index (χ4n) is 1.85. The van der Waals surface area contributed by atoms with E-state index in [1.165, 1.54) is 6.07 Å². The Morgan fingerprint density at radius 2 is 2.08 bits per heavy atom. The first kappa shape index (κ1) is 8.38. The molecule has 70 valence electrons. The standard InChI is InChI=1S/C10H13NO2/c11-7-2-3-8-6(5-7)1-4-9(12)10(8)13/h1,4,7,12-13H,2-3,5,11H2/t7-/m0/s1. The first-order valence-electron chi connectivity index (χ1n) is 4.46.